The van der Waals surface area contributed by atoms with Crippen molar-refractivity contribution in [3.63, 3.8) is 0 Å². The van der Waals surface area contributed by atoms with Crippen LogP contribution in [0.1, 0.15) is 18.9 Å². The average Bonchev–Trinajstić information content (AvgIpc) is 2.18. The average molecular weight is 320 g/mol. The van der Waals surface area contributed by atoms with Crippen LogP contribution in [0.3, 0.4) is 0 Å². The van der Waals surface area contributed by atoms with Gasteiger partial charge in [0.15, 0.2) is 0 Å². The first-order valence-corrected chi connectivity index (χ1v) is 5.69. The Balaban J connectivity index is 3.21. The van der Waals surface area contributed by atoms with Gasteiger partial charge < -0.3 is 10.2 Å². The van der Waals surface area contributed by atoms with Crippen LogP contribution in [0.4, 0.5) is 0 Å². The summed E-state index contributed by atoms with van der Waals surface area (Å²) in [5.74, 6) is -0.902. The number of aliphatic hydroxyl groups excluding tert-OH is 1. The lowest BCUT2D eigenvalue weighted by atomic mass is 9.80. The van der Waals surface area contributed by atoms with E-state index >= 15 is 0 Å². The Kier molecular flexibility index (Phi) is 4.10. The minimum absolute atomic E-state index is 0.131. The van der Waals surface area contributed by atoms with Gasteiger partial charge in [-0.2, -0.15) is 0 Å². The maximum absolute atomic E-state index is 11.2. The zero-order chi connectivity index (χ0) is 11.5. The van der Waals surface area contributed by atoms with Crippen molar-refractivity contribution in [1.82, 2.24) is 0 Å². The predicted molar refractivity (Wildman–Crippen MR) is 65.8 cm³/mol. The summed E-state index contributed by atoms with van der Waals surface area (Å²) >= 11 is 2.11. The summed E-state index contributed by atoms with van der Waals surface area (Å²) in [5.41, 5.74) is -0.251. The molecule has 1 aromatic rings. The second-order valence-corrected chi connectivity index (χ2v) is 4.75. The van der Waals surface area contributed by atoms with E-state index in [4.69, 9.17) is 5.11 Å². The van der Waals surface area contributed by atoms with E-state index in [0.717, 1.165) is 9.13 Å². The molecule has 0 radical (unpaired) electrons. The Labute approximate surface area is 102 Å². The highest BCUT2D eigenvalue weighted by atomic mass is 127. The zero-order valence-electron chi connectivity index (χ0n) is 8.40. The number of aliphatic carboxylic acids is 1. The largest absolute Gasteiger partial charge is 0.481 e. The van der Waals surface area contributed by atoms with E-state index < -0.39 is 11.4 Å². The van der Waals surface area contributed by atoms with Crippen LogP contribution in [0.25, 0.3) is 0 Å². The Morgan fingerprint density at radius 2 is 2.07 bits per heavy atom. The van der Waals surface area contributed by atoms with Crippen molar-refractivity contribution in [2.75, 3.05) is 6.61 Å². The molecule has 1 aromatic carbocycles. The zero-order valence-corrected chi connectivity index (χ0v) is 10.6. The number of carboxylic acids is 1. The van der Waals surface area contributed by atoms with E-state index in [1.165, 1.54) is 0 Å². The van der Waals surface area contributed by atoms with Gasteiger partial charge in [0.2, 0.25) is 0 Å². The summed E-state index contributed by atoms with van der Waals surface area (Å²) < 4.78 is 0.911. The fourth-order valence-electron chi connectivity index (χ4n) is 1.49. The smallest absolute Gasteiger partial charge is 0.313 e. The molecule has 1 unspecified atom stereocenters. The standard InChI is InChI=1S/C11H13IO3/c1-11(6-7-13,10(14)15)8-4-2-3-5-9(8)12/h2-5,13H,6-7H2,1H3,(H,14,15). The number of carbonyl (C=O) groups is 1. The van der Waals surface area contributed by atoms with Crippen LogP contribution < -0.4 is 0 Å². The third-order valence-electron chi connectivity index (χ3n) is 2.55. The summed E-state index contributed by atoms with van der Waals surface area (Å²) in [5, 5.41) is 18.2. The lowest BCUT2D eigenvalue weighted by Crippen LogP contribution is -2.34. The Bertz CT molecular complexity index is 365. The van der Waals surface area contributed by atoms with Crippen molar-refractivity contribution >= 4 is 28.6 Å². The molecule has 0 bridgehead atoms. The number of halogens is 1. The van der Waals surface area contributed by atoms with Gasteiger partial charge in [0.05, 0.1) is 5.41 Å². The first-order chi connectivity index (χ1) is 7.02. The lowest BCUT2D eigenvalue weighted by Gasteiger charge is -2.25. The van der Waals surface area contributed by atoms with Gasteiger partial charge in [0.25, 0.3) is 0 Å². The van der Waals surface area contributed by atoms with E-state index in [9.17, 15) is 9.90 Å². The topological polar surface area (TPSA) is 57.5 Å². The predicted octanol–water partition coefficient (Wildman–Crippen LogP) is 2.02. The fourth-order valence-corrected chi connectivity index (χ4v) is 2.47. The SMILES string of the molecule is CC(CCO)(C(=O)O)c1ccccc1I. The number of hydrogen-bond donors (Lipinski definition) is 2. The molecule has 0 aliphatic heterocycles. The Morgan fingerprint density at radius 3 is 2.53 bits per heavy atom. The van der Waals surface area contributed by atoms with Crippen molar-refractivity contribution < 1.29 is 15.0 Å². The number of benzene rings is 1. The van der Waals surface area contributed by atoms with E-state index in [0.29, 0.717) is 0 Å². The molecule has 4 heteroatoms. The molecule has 2 N–H and O–H groups in total. The summed E-state index contributed by atoms with van der Waals surface area (Å²) in [6.45, 7) is 1.51. The number of carboxylic acid groups (broad SMARTS) is 1. The van der Waals surface area contributed by atoms with E-state index in [-0.39, 0.29) is 13.0 Å². The quantitative estimate of drug-likeness (QED) is 0.835. The van der Waals surface area contributed by atoms with Crippen LogP contribution in [0.5, 0.6) is 0 Å². The molecule has 0 heterocycles. The van der Waals surface area contributed by atoms with Gasteiger partial charge in [-0.3, -0.25) is 4.79 Å². The summed E-state index contributed by atoms with van der Waals surface area (Å²) in [7, 11) is 0. The highest BCUT2D eigenvalue weighted by Gasteiger charge is 2.35. The van der Waals surface area contributed by atoms with Gasteiger partial charge in [-0.05, 0) is 47.6 Å². The molecule has 0 aliphatic rings. The van der Waals surface area contributed by atoms with Crippen LogP contribution in [0.2, 0.25) is 0 Å². The molecule has 1 rings (SSSR count). The fraction of sp³-hybridized carbons (Fsp3) is 0.364. The minimum Gasteiger partial charge on any atom is -0.481 e. The molecule has 0 saturated heterocycles. The van der Waals surface area contributed by atoms with Crippen molar-refractivity contribution in [2.24, 2.45) is 0 Å². The van der Waals surface area contributed by atoms with E-state index in [1.807, 2.05) is 18.2 Å². The van der Waals surface area contributed by atoms with Crippen molar-refractivity contribution in [2.45, 2.75) is 18.8 Å². The molecular formula is C11H13IO3. The van der Waals surface area contributed by atoms with Crippen LogP contribution in [0, 0.1) is 3.57 Å². The lowest BCUT2D eigenvalue weighted by molar-refractivity contribution is -0.143. The highest BCUT2D eigenvalue weighted by molar-refractivity contribution is 14.1. The van der Waals surface area contributed by atoms with Gasteiger partial charge in [-0.1, -0.05) is 18.2 Å². The molecule has 0 fully saturated rings. The molecule has 1 atom stereocenters. The monoisotopic (exact) mass is 320 g/mol. The van der Waals surface area contributed by atoms with Gasteiger partial charge >= 0.3 is 5.97 Å². The van der Waals surface area contributed by atoms with Crippen LogP contribution in [0.15, 0.2) is 24.3 Å². The third kappa shape index (κ3) is 2.49. The molecule has 3 nitrogen and oxygen atoms in total. The minimum atomic E-state index is -1.01. The first kappa shape index (κ1) is 12.4. The van der Waals surface area contributed by atoms with Gasteiger partial charge in [0.1, 0.15) is 0 Å². The summed E-state index contributed by atoms with van der Waals surface area (Å²) in [4.78, 5) is 11.2. The van der Waals surface area contributed by atoms with Crippen LogP contribution in [-0.2, 0) is 10.2 Å². The van der Waals surface area contributed by atoms with Crippen molar-refractivity contribution in [1.29, 1.82) is 0 Å². The molecular weight excluding hydrogens is 307 g/mol. The maximum Gasteiger partial charge on any atom is 0.313 e. The highest BCUT2D eigenvalue weighted by Crippen LogP contribution is 2.31. The summed E-state index contributed by atoms with van der Waals surface area (Å²) in [6.07, 6.45) is 0.225. The second-order valence-electron chi connectivity index (χ2n) is 3.59. The molecule has 0 aromatic heterocycles. The maximum atomic E-state index is 11.2. The summed E-state index contributed by atoms with van der Waals surface area (Å²) in [6, 6.07) is 7.35. The van der Waals surface area contributed by atoms with Crippen LogP contribution in [-0.4, -0.2) is 22.8 Å². The third-order valence-corrected chi connectivity index (χ3v) is 3.49. The molecule has 0 spiro atoms. The number of hydrogen-bond acceptors (Lipinski definition) is 2. The Morgan fingerprint density at radius 1 is 1.47 bits per heavy atom. The molecule has 82 valence electrons. The van der Waals surface area contributed by atoms with Crippen molar-refractivity contribution in [3.05, 3.63) is 33.4 Å². The normalized spacial score (nSPS) is 14.6. The molecule has 0 saturated carbocycles. The second kappa shape index (κ2) is 4.94. The van der Waals surface area contributed by atoms with Gasteiger partial charge in [-0.25, -0.2) is 0 Å². The van der Waals surface area contributed by atoms with E-state index in [1.54, 1.807) is 13.0 Å². The molecule has 0 amide bonds. The van der Waals surface area contributed by atoms with Crippen molar-refractivity contribution in [3.8, 4) is 0 Å². The number of aliphatic hydroxyl groups is 1. The van der Waals surface area contributed by atoms with Gasteiger partial charge in [0, 0.05) is 10.2 Å². The molecule has 15 heavy (non-hydrogen) atoms. The Hall–Kier alpha value is -0.620. The van der Waals surface area contributed by atoms with Crippen LogP contribution >= 0.6 is 22.6 Å². The number of rotatable bonds is 4. The first-order valence-electron chi connectivity index (χ1n) is 4.61. The molecule has 0 aliphatic carbocycles. The van der Waals surface area contributed by atoms with Gasteiger partial charge in [-0.15, -0.1) is 0 Å². The van der Waals surface area contributed by atoms with E-state index in [2.05, 4.69) is 22.6 Å².